The maximum Gasteiger partial charge on any atom is 0.309 e. The number of hydrogen-bond donors (Lipinski definition) is 1. The van der Waals surface area contributed by atoms with E-state index in [0.717, 1.165) is 4.88 Å². The average Bonchev–Trinajstić information content (AvgIpc) is 3.35. The molecule has 0 spiro atoms. The van der Waals surface area contributed by atoms with Gasteiger partial charge >= 0.3 is 5.97 Å². The van der Waals surface area contributed by atoms with E-state index < -0.39 is 18.1 Å². The quantitative estimate of drug-likeness (QED) is 0.581. The molecule has 0 aliphatic rings. The lowest BCUT2D eigenvalue weighted by Gasteiger charge is -2.17. The van der Waals surface area contributed by atoms with Crippen molar-refractivity contribution in [1.82, 2.24) is 15.5 Å². The van der Waals surface area contributed by atoms with Gasteiger partial charge in [0.1, 0.15) is 5.82 Å². The molecule has 3 rings (SSSR count). The number of aryl methyl sites for hydroxylation is 1. The second-order valence-corrected chi connectivity index (χ2v) is 7.50. The molecule has 1 N–H and O–H groups in total. The standard InChI is InChI=1S/C20H20FN3O4S/c1-11-6-7-14(9-15(11)21)19-23-20(28-24-19)12(2)27-18(26)10-16(22-13(3)25)17-5-4-8-29-17/h4-9,12,16H,10H2,1-3H3,(H,22,25). The number of nitrogens with zero attached hydrogens (tertiary/aromatic N) is 2. The lowest BCUT2D eigenvalue weighted by Crippen LogP contribution is -2.28. The predicted octanol–water partition coefficient (Wildman–Crippen LogP) is 4.12. The zero-order chi connectivity index (χ0) is 21.0. The van der Waals surface area contributed by atoms with Crippen LogP contribution in [-0.4, -0.2) is 22.0 Å². The maximum absolute atomic E-state index is 13.7. The molecule has 0 aliphatic carbocycles. The van der Waals surface area contributed by atoms with Crippen LogP contribution in [0.1, 0.15) is 48.7 Å². The van der Waals surface area contributed by atoms with E-state index in [1.807, 2.05) is 17.5 Å². The Balaban J connectivity index is 1.65. The lowest BCUT2D eigenvalue weighted by molar-refractivity contribution is -0.150. The van der Waals surface area contributed by atoms with Crippen molar-refractivity contribution in [3.63, 3.8) is 0 Å². The first kappa shape index (κ1) is 20.7. The highest BCUT2D eigenvalue weighted by molar-refractivity contribution is 7.10. The largest absolute Gasteiger partial charge is 0.452 e. The highest BCUT2D eigenvalue weighted by Crippen LogP contribution is 2.25. The van der Waals surface area contributed by atoms with Crippen molar-refractivity contribution in [3.8, 4) is 11.4 Å². The summed E-state index contributed by atoms with van der Waals surface area (Å²) in [6.45, 7) is 4.65. The number of ether oxygens (including phenoxy) is 1. The van der Waals surface area contributed by atoms with Gasteiger partial charge in [0.2, 0.25) is 11.7 Å². The molecule has 0 saturated heterocycles. The van der Waals surface area contributed by atoms with Crippen LogP contribution in [0.3, 0.4) is 0 Å². The van der Waals surface area contributed by atoms with E-state index in [2.05, 4.69) is 15.5 Å². The number of halogens is 1. The van der Waals surface area contributed by atoms with Crippen LogP contribution >= 0.6 is 11.3 Å². The second kappa shape index (κ2) is 8.95. The smallest absolute Gasteiger partial charge is 0.309 e. The van der Waals surface area contributed by atoms with Gasteiger partial charge in [-0.1, -0.05) is 23.4 Å². The van der Waals surface area contributed by atoms with Crippen molar-refractivity contribution >= 4 is 23.2 Å². The molecule has 0 radical (unpaired) electrons. The number of carbonyl (C=O) groups is 2. The zero-order valence-corrected chi connectivity index (χ0v) is 17.0. The van der Waals surface area contributed by atoms with Gasteiger partial charge in [-0.3, -0.25) is 9.59 Å². The molecule has 2 heterocycles. The number of nitrogens with one attached hydrogen (secondary N) is 1. The third kappa shape index (κ3) is 5.26. The molecule has 7 nitrogen and oxygen atoms in total. The Morgan fingerprint density at radius 3 is 2.79 bits per heavy atom. The van der Waals surface area contributed by atoms with Crippen molar-refractivity contribution in [2.45, 2.75) is 39.3 Å². The van der Waals surface area contributed by atoms with Crippen molar-refractivity contribution in [2.24, 2.45) is 0 Å². The number of benzene rings is 1. The van der Waals surface area contributed by atoms with Crippen LogP contribution in [0.4, 0.5) is 4.39 Å². The normalized spacial score (nSPS) is 13.0. The summed E-state index contributed by atoms with van der Waals surface area (Å²) in [7, 11) is 0. The Kier molecular flexibility index (Phi) is 6.38. The van der Waals surface area contributed by atoms with Crippen molar-refractivity contribution in [1.29, 1.82) is 0 Å². The molecule has 0 bridgehead atoms. The first-order valence-electron chi connectivity index (χ1n) is 8.93. The van der Waals surface area contributed by atoms with Crippen LogP contribution in [0.25, 0.3) is 11.4 Å². The molecule has 2 aromatic heterocycles. The average molecular weight is 417 g/mol. The summed E-state index contributed by atoms with van der Waals surface area (Å²) in [4.78, 5) is 28.8. The zero-order valence-electron chi connectivity index (χ0n) is 16.1. The van der Waals surface area contributed by atoms with E-state index >= 15 is 0 Å². The predicted molar refractivity (Wildman–Crippen MR) is 104 cm³/mol. The third-order valence-electron chi connectivity index (χ3n) is 4.16. The van der Waals surface area contributed by atoms with E-state index in [1.54, 1.807) is 26.0 Å². The third-order valence-corrected chi connectivity index (χ3v) is 5.15. The van der Waals surface area contributed by atoms with E-state index in [9.17, 15) is 14.0 Å². The molecule has 9 heteroatoms. The van der Waals surface area contributed by atoms with E-state index in [4.69, 9.17) is 9.26 Å². The molecule has 0 aliphatic heterocycles. The van der Waals surface area contributed by atoms with Crippen molar-refractivity contribution in [2.75, 3.05) is 0 Å². The maximum atomic E-state index is 13.7. The molecule has 2 unspecified atom stereocenters. The number of carbonyl (C=O) groups excluding carboxylic acids is 2. The number of thiophene rings is 1. The van der Waals surface area contributed by atoms with E-state index in [-0.39, 0.29) is 29.9 Å². The fraction of sp³-hybridized carbons (Fsp3) is 0.300. The summed E-state index contributed by atoms with van der Waals surface area (Å²) >= 11 is 1.44. The first-order valence-corrected chi connectivity index (χ1v) is 9.81. The number of rotatable bonds is 7. The monoisotopic (exact) mass is 417 g/mol. The van der Waals surface area contributed by atoms with Crippen LogP contribution in [0.15, 0.2) is 40.2 Å². The second-order valence-electron chi connectivity index (χ2n) is 6.52. The van der Waals surface area contributed by atoms with Gasteiger partial charge in [0.05, 0.1) is 12.5 Å². The number of amides is 1. The molecule has 2 atom stereocenters. The number of hydrogen-bond acceptors (Lipinski definition) is 7. The molecule has 29 heavy (non-hydrogen) atoms. The minimum Gasteiger partial charge on any atom is -0.452 e. The van der Waals surface area contributed by atoms with Gasteiger partial charge in [-0.05, 0) is 36.9 Å². The minimum atomic E-state index is -0.791. The summed E-state index contributed by atoms with van der Waals surface area (Å²) in [5, 5.41) is 8.44. The highest BCUT2D eigenvalue weighted by Gasteiger charge is 2.23. The van der Waals surface area contributed by atoms with Gasteiger partial charge < -0.3 is 14.6 Å². The van der Waals surface area contributed by atoms with E-state index in [1.165, 1.54) is 24.3 Å². The molecule has 152 valence electrons. The van der Waals surface area contributed by atoms with Gasteiger partial charge in [-0.2, -0.15) is 4.98 Å². The van der Waals surface area contributed by atoms with Crippen LogP contribution in [0, 0.1) is 12.7 Å². The van der Waals surface area contributed by atoms with Gasteiger partial charge in [0, 0.05) is 17.4 Å². The lowest BCUT2D eigenvalue weighted by atomic mass is 10.1. The Morgan fingerprint density at radius 1 is 1.34 bits per heavy atom. The van der Waals surface area contributed by atoms with Crippen LogP contribution in [0.2, 0.25) is 0 Å². The summed E-state index contributed by atoms with van der Waals surface area (Å²) in [6.07, 6.45) is -0.824. The topological polar surface area (TPSA) is 94.3 Å². The fourth-order valence-electron chi connectivity index (χ4n) is 2.67. The Labute approximate surface area is 170 Å². The molecule has 0 saturated carbocycles. The van der Waals surface area contributed by atoms with Gasteiger partial charge in [0.15, 0.2) is 6.10 Å². The summed E-state index contributed by atoms with van der Waals surface area (Å²) in [5.74, 6) is -0.828. The Hall–Kier alpha value is -3.07. The molecule has 1 amide bonds. The molecule has 0 fully saturated rings. The fourth-order valence-corrected chi connectivity index (χ4v) is 3.45. The van der Waals surface area contributed by atoms with E-state index in [0.29, 0.717) is 11.1 Å². The SMILES string of the molecule is CC(=O)NC(CC(=O)OC(C)c1nc(-c2ccc(C)c(F)c2)no1)c1cccs1. The number of aromatic nitrogens is 2. The van der Waals surface area contributed by atoms with Crippen LogP contribution in [0.5, 0.6) is 0 Å². The molecular formula is C20H20FN3O4S. The Bertz CT molecular complexity index is 1000. The number of esters is 1. The van der Waals surface area contributed by atoms with Gasteiger partial charge in [-0.25, -0.2) is 4.39 Å². The van der Waals surface area contributed by atoms with Gasteiger partial charge in [-0.15, -0.1) is 11.3 Å². The Morgan fingerprint density at radius 2 is 2.14 bits per heavy atom. The van der Waals surface area contributed by atoms with Crippen molar-refractivity contribution in [3.05, 3.63) is 57.9 Å². The summed E-state index contributed by atoms with van der Waals surface area (Å²) in [5.41, 5.74) is 0.976. The minimum absolute atomic E-state index is 0.0331. The first-order chi connectivity index (χ1) is 13.8. The van der Waals surface area contributed by atoms with Crippen LogP contribution < -0.4 is 5.32 Å². The molecule has 1 aromatic carbocycles. The summed E-state index contributed by atoms with van der Waals surface area (Å²) in [6, 6.07) is 7.84. The highest BCUT2D eigenvalue weighted by atomic mass is 32.1. The molecular weight excluding hydrogens is 397 g/mol. The van der Waals surface area contributed by atoms with Gasteiger partial charge in [0.25, 0.3) is 5.89 Å². The molecule has 3 aromatic rings. The summed E-state index contributed by atoms with van der Waals surface area (Å²) < 4.78 is 24.3. The van der Waals surface area contributed by atoms with Crippen LogP contribution in [-0.2, 0) is 14.3 Å². The van der Waals surface area contributed by atoms with Crippen molar-refractivity contribution < 1.29 is 23.2 Å².